The van der Waals surface area contributed by atoms with Crippen molar-refractivity contribution >= 4 is 39.2 Å². The van der Waals surface area contributed by atoms with E-state index >= 15 is 0 Å². The van der Waals surface area contributed by atoms with E-state index in [1.54, 1.807) is 16.8 Å². The summed E-state index contributed by atoms with van der Waals surface area (Å²) in [5.74, 6) is 0.540. The number of nitrogens with zero attached hydrogens (tertiary/aromatic N) is 4. The zero-order chi connectivity index (χ0) is 25.1. The first kappa shape index (κ1) is 23.8. The Morgan fingerprint density at radius 2 is 1.89 bits per heavy atom. The third-order valence-corrected chi connectivity index (χ3v) is 6.31. The average molecular weight is 500 g/mol. The molecule has 5 aromatic rings. The van der Waals surface area contributed by atoms with E-state index in [-0.39, 0.29) is 11.6 Å². The second kappa shape index (κ2) is 10.3. The van der Waals surface area contributed by atoms with E-state index in [9.17, 15) is 4.79 Å². The van der Waals surface area contributed by atoms with Crippen LogP contribution in [0.25, 0.3) is 27.5 Å². The molecule has 182 valence electrons. The van der Waals surface area contributed by atoms with Crippen molar-refractivity contribution < 1.29 is 4.74 Å². The number of pyridine rings is 2. The largest absolute Gasteiger partial charge is 0.463 e. The van der Waals surface area contributed by atoms with Crippen LogP contribution in [-0.2, 0) is 0 Å². The summed E-state index contributed by atoms with van der Waals surface area (Å²) in [6.45, 7) is 4.63. The zero-order valence-corrected chi connectivity index (χ0v) is 20.9. The van der Waals surface area contributed by atoms with Gasteiger partial charge in [-0.3, -0.25) is 14.3 Å². The Morgan fingerprint density at radius 3 is 2.69 bits per heavy atom. The van der Waals surface area contributed by atoms with Crippen LogP contribution in [0.2, 0.25) is 5.02 Å². The highest BCUT2D eigenvalue weighted by molar-refractivity contribution is 6.35. The maximum Gasteiger partial charge on any atom is 0.319 e. The lowest BCUT2D eigenvalue weighted by Gasteiger charge is -2.22. The van der Waals surface area contributed by atoms with Crippen molar-refractivity contribution in [3.8, 4) is 11.7 Å². The quantitative estimate of drug-likeness (QED) is 0.251. The maximum absolute atomic E-state index is 13.7. The fourth-order valence-electron chi connectivity index (χ4n) is 4.20. The van der Waals surface area contributed by atoms with Crippen molar-refractivity contribution in [1.82, 2.24) is 19.5 Å². The molecule has 2 aromatic carbocycles. The number of hydrogen-bond donors (Lipinski definition) is 1. The monoisotopic (exact) mass is 499 g/mol. The standard InChI is InChI=1S/C28H26ClN5O2/c1-3-4-16-36-28-32-22-14-9-15-30-25(22)26(33-28)31-18(2)23-17-19-10-8-13-21(29)24(19)27(35)34(23)20-11-6-5-7-12-20/h5-15,17-18H,3-4,16H2,1-2H3,(H,31,32,33)/t18-/m0/s1. The summed E-state index contributed by atoms with van der Waals surface area (Å²) in [5.41, 5.74) is 2.64. The van der Waals surface area contributed by atoms with Gasteiger partial charge in [-0.25, -0.2) is 0 Å². The highest BCUT2D eigenvalue weighted by Crippen LogP contribution is 2.29. The molecule has 7 nitrogen and oxygen atoms in total. The Bertz CT molecular complexity index is 1590. The van der Waals surface area contributed by atoms with Gasteiger partial charge >= 0.3 is 6.01 Å². The summed E-state index contributed by atoms with van der Waals surface area (Å²) in [6, 6.07) is 20.7. The Labute approximate surface area is 213 Å². The summed E-state index contributed by atoms with van der Waals surface area (Å²) in [7, 11) is 0. The fourth-order valence-corrected chi connectivity index (χ4v) is 4.46. The molecule has 0 fully saturated rings. The van der Waals surface area contributed by atoms with E-state index in [0.717, 1.165) is 29.6 Å². The van der Waals surface area contributed by atoms with Crippen molar-refractivity contribution in [2.75, 3.05) is 11.9 Å². The molecule has 5 rings (SSSR count). The lowest BCUT2D eigenvalue weighted by atomic mass is 10.1. The van der Waals surface area contributed by atoms with Gasteiger partial charge in [-0.05, 0) is 55.1 Å². The van der Waals surface area contributed by atoms with E-state index in [0.29, 0.717) is 39.9 Å². The molecule has 0 aliphatic rings. The van der Waals surface area contributed by atoms with Gasteiger partial charge in [0.2, 0.25) is 0 Å². The second-order valence-electron chi connectivity index (χ2n) is 8.54. The molecule has 0 unspecified atom stereocenters. The van der Waals surface area contributed by atoms with Crippen molar-refractivity contribution in [1.29, 1.82) is 0 Å². The number of unbranched alkanes of at least 4 members (excludes halogenated alkanes) is 1. The first-order valence-corrected chi connectivity index (χ1v) is 12.4. The van der Waals surface area contributed by atoms with Gasteiger partial charge in [-0.2, -0.15) is 9.97 Å². The number of halogens is 1. The normalized spacial score (nSPS) is 12.1. The minimum Gasteiger partial charge on any atom is -0.463 e. The van der Waals surface area contributed by atoms with Crippen LogP contribution in [-0.4, -0.2) is 26.1 Å². The first-order chi connectivity index (χ1) is 17.6. The van der Waals surface area contributed by atoms with Gasteiger partial charge in [0.15, 0.2) is 5.82 Å². The molecule has 0 aliphatic heterocycles. The van der Waals surface area contributed by atoms with Crippen LogP contribution in [0, 0.1) is 0 Å². The number of benzene rings is 2. The smallest absolute Gasteiger partial charge is 0.319 e. The van der Waals surface area contributed by atoms with E-state index in [4.69, 9.17) is 16.3 Å². The third-order valence-electron chi connectivity index (χ3n) is 6.00. The van der Waals surface area contributed by atoms with Crippen LogP contribution in [0.3, 0.4) is 0 Å². The van der Waals surface area contributed by atoms with Crippen molar-refractivity contribution in [2.45, 2.75) is 32.7 Å². The molecule has 0 radical (unpaired) electrons. The Kier molecular flexibility index (Phi) is 6.82. The molecule has 3 heterocycles. The van der Waals surface area contributed by atoms with Crippen LogP contribution in [0.15, 0.2) is 77.7 Å². The van der Waals surface area contributed by atoms with E-state index in [1.807, 2.05) is 67.6 Å². The number of hydrogen-bond acceptors (Lipinski definition) is 6. The topological polar surface area (TPSA) is 81.9 Å². The Morgan fingerprint density at radius 1 is 1.06 bits per heavy atom. The summed E-state index contributed by atoms with van der Waals surface area (Å²) in [4.78, 5) is 27.4. The average Bonchev–Trinajstić information content (AvgIpc) is 2.89. The Hall–Kier alpha value is -3.97. The molecule has 3 aromatic heterocycles. The number of aromatic nitrogens is 4. The number of rotatable bonds is 8. The van der Waals surface area contributed by atoms with Crippen LogP contribution < -0.4 is 15.6 Å². The van der Waals surface area contributed by atoms with Gasteiger partial charge in [0.25, 0.3) is 5.56 Å². The molecule has 8 heteroatoms. The highest BCUT2D eigenvalue weighted by atomic mass is 35.5. The minimum atomic E-state index is -0.315. The molecule has 36 heavy (non-hydrogen) atoms. The first-order valence-electron chi connectivity index (χ1n) is 12.0. The number of anilines is 1. The number of nitrogens with one attached hydrogen (secondary N) is 1. The lowest BCUT2D eigenvalue weighted by Crippen LogP contribution is -2.26. The van der Waals surface area contributed by atoms with E-state index < -0.39 is 0 Å². The molecule has 0 bridgehead atoms. The molecule has 1 N–H and O–H groups in total. The molecule has 0 saturated carbocycles. The van der Waals surface area contributed by atoms with Gasteiger partial charge in [0, 0.05) is 17.6 Å². The predicted octanol–water partition coefficient (Wildman–Crippen LogP) is 6.33. The summed E-state index contributed by atoms with van der Waals surface area (Å²) in [6.07, 6.45) is 3.63. The molecular formula is C28H26ClN5O2. The van der Waals surface area contributed by atoms with Crippen molar-refractivity contribution in [2.24, 2.45) is 0 Å². The molecule has 0 saturated heterocycles. The van der Waals surface area contributed by atoms with Gasteiger partial charge in [0.05, 0.1) is 28.6 Å². The van der Waals surface area contributed by atoms with Crippen molar-refractivity contribution in [3.05, 3.63) is 94.0 Å². The lowest BCUT2D eigenvalue weighted by molar-refractivity contribution is 0.287. The maximum atomic E-state index is 13.7. The van der Waals surface area contributed by atoms with Crippen LogP contribution in [0.1, 0.15) is 38.4 Å². The minimum absolute atomic E-state index is 0.179. The van der Waals surface area contributed by atoms with Gasteiger partial charge in [-0.15, -0.1) is 0 Å². The van der Waals surface area contributed by atoms with Crippen molar-refractivity contribution in [3.63, 3.8) is 0 Å². The molecular weight excluding hydrogens is 474 g/mol. The fraction of sp³-hybridized carbons (Fsp3) is 0.214. The predicted molar refractivity (Wildman–Crippen MR) is 144 cm³/mol. The number of ether oxygens (including phenoxy) is 1. The zero-order valence-electron chi connectivity index (χ0n) is 20.1. The highest BCUT2D eigenvalue weighted by Gasteiger charge is 2.20. The van der Waals surface area contributed by atoms with E-state index in [2.05, 4.69) is 27.2 Å². The third kappa shape index (κ3) is 4.62. The summed E-state index contributed by atoms with van der Waals surface area (Å²) < 4.78 is 7.50. The second-order valence-corrected chi connectivity index (χ2v) is 8.95. The number of fused-ring (bicyclic) bond motifs is 2. The van der Waals surface area contributed by atoms with Gasteiger partial charge < -0.3 is 10.1 Å². The molecule has 0 spiro atoms. The SMILES string of the molecule is CCCCOc1nc(N[C@@H](C)c2cc3cccc(Cl)c3c(=O)n2-c2ccccc2)c2ncccc2n1. The molecule has 1 atom stereocenters. The van der Waals surface area contributed by atoms with Crippen LogP contribution >= 0.6 is 11.6 Å². The number of para-hydroxylation sites is 1. The van der Waals surface area contributed by atoms with Crippen LogP contribution in [0.5, 0.6) is 6.01 Å². The molecule has 0 aliphatic carbocycles. The van der Waals surface area contributed by atoms with Gasteiger partial charge in [-0.1, -0.05) is 55.3 Å². The summed E-state index contributed by atoms with van der Waals surface area (Å²) >= 11 is 6.45. The Balaban J connectivity index is 1.63. The summed E-state index contributed by atoms with van der Waals surface area (Å²) in [5, 5.41) is 5.15. The molecule has 0 amide bonds. The van der Waals surface area contributed by atoms with Crippen LogP contribution in [0.4, 0.5) is 5.82 Å². The van der Waals surface area contributed by atoms with E-state index in [1.165, 1.54) is 0 Å². The van der Waals surface area contributed by atoms with Gasteiger partial charge in [0.1, 0.15) is 5.52 Å².